The molecule has 1 aromatic heterocycles. The summed E-state index contributed by atoms with van der Waals surface area (Å²) in [6.07, 6.45) is 5.07. The number of piperidine rings is 1. The fraction of sp³-hybridized carbons (Fsp3) is 0.800. The van der Waals surface area contributed by atoms with Crippen LogP contribution in [0.4, 0.5) is 5.13 Å². The highest BCUT2D eigenvalue weighted by Crippen LogP contribution is 2.47. The Kier molecular flexibility index (Phi) is 3.34. The normalized spacial score (nSPS) is 24.8. The topological polar surface area (TPSA) is 36.4 Å². The third-order valence-corrected chi connectivity index (χ3v) is 5.53. The summed E-state index contributed by atoms with van der Waals surface area (Å²) >= 11 is 1.71. The molecule has 19 heavy (non-hydrogen) atoms. The molecule has 1 aromatic rings. The highest BCUT2D eigenvalue weighted by Gasteiger charge is 2.35. The van der Waals surface area contributed by atoms with E-state index in [-0.39, 0.29) is 0 Å². The predicted molar refractivity (Wildman–Crippen MR) is 79.9 cm³/mol. The van der Waals surface area contributed by atoms with Crippen LogP contribution < -0.4 is 4.90 Å². The second-order valence-electron chi connectivity index (χ2n) is 6.74. The summed E-state index contributed by atoms with van der Waals surface area (Å²) in [6.45, 7) is 8.32. The van der Waals surface area contributed by atoms with E-state index in [0.29, 0.717) is 5.92 Å². The van der Waals surface area contributed by atoms with E-state index in [9.17, 15) is 5.11 Å². The van der Waals surface area contributed by atoms with Gasteiger partial charge in [0.1, 0.15) is 0 Å². The number of aromatic nitrogens is 1. The van der Waals surface area contributed by atoms with Crippen LogP contribution in [0.5, 0.6) is 0 Å². The first-order valence-electron chi connectivity index (χ1n) is 7.43. The summed E-state index contributed by atoms with van der Waals surface area (Å²) in [5.74, 6) is 1.36. The number of aliphatic hydroxyl groups is 1. The average Bonchev–Trinajstić information content (AvgIpc) is 3.06. The fourth-order valence-corrected chi connectivity index (χ4v) is 4.08. The molecule has 0 aromatic carbocycles. The predicted octanol–water partition coefficient (Wildman–Crippen LogP) is 3.48. The van der Waals surface area contributed by atoms with E-state index < -0.39 is 5.60 Å². The second-order valence-corrected chi connectivity index (χ2v) is 7.72. The van der Waals surface area contributed by atoms with Gasteiger partial charge in [0.25, 0.3) is 0 Å². The van der Waals surface area contributed by atoms with Crippen LogP contribution in [0.25, 0.3) is 0 Å². The lowest BCUT2D eigenvalue weighted by atomic mass is 10.0. The van der Waals surface area contributed by atoms with Gasteiger partial charge in [-0.15, -0.1) is 0 Å². The first-order valence-corrected chi connectivity index (χ1v) is 8.25. The number of hydrogen-bond donors (Lipinski definition) is 1. The average molecular weight is 280 g/mol. The van der Waals surface area contributed by atoms with Crippen LogP contribution in [-0.4, -0.2) is 23.2 Å². The third kappa shape index (κ3) is 2.79. The highest BCUT2D eigenvalue weighted by molar-refractivity contribution is 7.15. The molecule has 0 bridgehead atoms. The van der Waals surface area contributed by atoms with Crippen molar-refractivity contribution in [2.24, 2.45) is 5.92 Å². The van der Waals surface area contributed by atoms with E-state index in [0.717, 1.165) is 29.0 Å². The number of hydrogen-bond acceptors (Lipinski definition) is 4. The zero-order valence-electron chi connectivity index (χ0n) is 12.1. The number of thiazole rings is 1. The summed E-state index contributed by atoms with van der Waals surface area (Å²) in [4.78, 5) is 8.38. The van der Waals surface area contributed by atoms with Gasteiger partial charge in [0.2, 0.25) is 0 Å². The zero-order valence-corrected chi connectivity index (χ0v) is 13.0. The van der Waals surface area contributed by atoms with Gasteiger partial charge in [-0.2, -0.15) is 0 Å². The van der Waals surface area contributed by atoms with Crippen molar-refractivity contribution >= 4 is 16.5 Å². The van der Waals surface area contributed by atoms with Crippen LogP contribution in [0, 0.1) is 5.92 Å². The van der Waals surface area contributed by atoms with Crippen molar-refractivity contribution in [2.75, 3.05) is 18.0 Å². The van der Waals surface area contributed by atoms with Gasteiger partial charge in [-0.3, -0.25) is 0 Å². The molecule has 0 amide bonds. The van der Waals surface area contributed by atoms with Crippen LogP contribution in [0.3, 0.4) is 0 Å². The zero-order chi connectivity index (χ0) is 13.6. The molecule has 2 heterocycles. The molecule has 3 nitrogen and oxygen atoms in total. The Morgan fingerprint density at radius 1 is 1.32 bits per heavy atom. The number of nitrogens with zero attached hydrogens (tertiary/aromatic N) is 2. The number of rotatable bonds is 3. The maximum absolute atomic E-state index is 10.4. The van der Waals surface area contributed by atoms with Crippen molar-refractivity contribution in [1.82, 2.24) is 4.98 Å². The molecule has 2 aliphatic rings. The van der Waals surface area contributed by atoms with Gasteiger partial charge in [0.15, 0.2) is 5.13 Å². The molecule has 1 aliphatic heterocycles. The summed E-state index contributed by atoms with van der Waals surface area (Å²) in [7, 11) is 0. The Labute approximate surface area is 119 Å². The van der Waals surface area contributed by atoms with Crippen LogP contribution in [0.2, 0.25) is 0 Å². The van der Waals surface area contributed by atoms with Gasteiger partial charge in [0, 0.05) is 19.0 Å². The Bertz CT molecular complexity index is 459. The Morgan fingerprint density at radius 3 is 2.63 bits per heavy atom. The molecule has 1 unspecified atom stereocenters. The van der Waals surface area contributed by atoms with Gasteiger partial charge in [-0.05, 0) is 45.4 Å². The van der Waals surface area contributed by atoms with Gasteiger partial charge >= 0.3 is 0 Å². The van der Waals surface area contributed by atoms with E-state index >= 15 is 0 Å². The molecular weight excluding hydrogens is 256 g/mol. The van der Waals surface area contributed by atoms with Crippen LogP contribution in [0.1, 0.15) is 62.9 Å². The molecule has 1 atom stereocenters. The van der Waals surface area contributed by atoms with E-state index in [2.05, 4.69) is 11.8 Å². The van der Waals surface area contributed by atoms with E-state index in [1.165, 1.54) is 31.4 Å². The Hall–Kier alpha value is -0.610. The molecule has 1 saturated carbocycles. The van der Waals surface area contributed by atoms with Crippen molar-refractivity contribution in [1.29, 1.82) is 0 Å². The summed E-state index contributed by atoms with van der Waals surface area (Å²) < 4.78 is 0. The lowest BCUT2D eigenvalue weighted by molar-refractivity contribution is 0.0813. The van der Waals surface area contributed by atoms with E-state index in [4.69, 9.17) is 4.98 Å². The SMILES string of the molecule is CC1CCCN(c2nc(C3CC3)c(C(C)(C)O)s2)C1. The summed E-state index contributed by atoms with van der Waals surface area (Å²) in [6, 6.07) is 0. The molecule has 3 rings (SSSR count). The van der Waals surface area contributed by atoms with Crippen LogP contribution >= 0.6 is 11.3 Å². The van der Waals surface area contributed by atoms with Gasteiger partial charge in [-0.1, -0.05) is 18.3 Å². The molecule has 0 radical (unpaired) electrons. The Balaban J connectivity index is 1.90. The van der Waals surface area contributed by atoms with Gasteiger partial charge < -0.3 is 10.0 Å². The van der Waals surface area contributed by atoms with Gasteiger partial charge in [0.05, 0.1) is 16.2 Å². The van der Waals surface area contributed by atoms with Crippen molar-refractivity contribution in [3.8, 4) is 0 Å². The molecule has 2 fully saturated rings. The standard InChI is InChI=1S/C15H24N2OS/c1-10-5-4-8-17(9-10)14-16-12(11-6-7-11)13(19-14)15(2,3)18/h10-11,18H,4-9H2,1-3H3. The van der Waals surface area contributed by atoms with Crippen LogP contribution in [-0.2, 0) is 5.60 Å². The largest absolute Gasteiger partial charge is 0.385 e. The second kappa shape index (κ2) is 4.74. The van der Waals surface area contributed by atoms with Crippen molar-refractivity contribution < 1.29 is 5.11 Å². The van der Waals surface area contributed by atoms with Gasteiger partial charge in [-0.25, -0.2) is 4.98 Å². The molecular formula is C15H24N2OS. The molecule has 106 valence electrons. The fourth-order valence-electron chi connectivity index (χ4n) is 2.89. The number of anilines is 1. The van der Waals surface area contributed by atoms with Crippen LogP contribution in [0.15, 0.2) is 0 Å². The lowest BCUT2D eigenvalue weighted by Gasteiger charge is -2.30. The molecule has 0 spiro atoms. The summed E-state index contributed by atoms with van der Waals surface area (Å²) in [5, 5.41) is 11.5. The Morgan fingerprint density at radius 2 is 2.05 bits per heavy atom. The minimum absolute atomic E-state index is 0.605. The van der Waals surface area contributed by atoms with Crippen molar-refractivity contribution in [2.45, 2.75) is 58.0 Å². The molecule has 1 N–H and O–H groups in total. The first-order chi connectivity index (χ1) is 8.95. The smallest absolute Gasteiger partial charge is 0.185 e. The van der Waals surface area contributed by atoms with Crippen molar-refractivity contribution in [3.63, 3.8) is 0 Å². The lowest BCUT2D eigenvalue weighted by Crippen LogP contribution is -2.34. The molecule has 4 heteroatoms. The monoisotopic (exact) mass is 280 g/mol. The van der Waals surface area contributed by atoms with E-state index in [1.807, 2.05) is 13.8 Å². The third-order valence-electron chi connectivity index (χ3n) is 4.09. The minimum atomic E-state index is -0.755. The molecule has 1 saturated heterocycles. The first kappa shape index (κ1) is 13.4. The van der Waals surface area contributed by atoms with Crippen molar-refractivity contribution in [3.05, 3.63) is 10.6 Å². The quantitative estimate of drug-likeness (QED) is 0.921. The minimum Gasteiger partial charge on any atom is -0.385 e. The molecule has 1 aliphatic carbocycles. The van der Waals surface area contributed by atoms with E-state index in [1.54, 1.807) is 11.3 Å². The highest BCUT2D eigenvalue weighted by atomic mass is 32.1. The maximum atomic E-state index is 10.4. The maximum Gasteiger partial charge on any atom is 0.185 e. The summed E-state index contributed by atoms with van der Waals surface area (Å²) in [5.41, 5.74) is 0.417.